The van der Waals surface area contributed by atoms with E-state index in [0.29, 0.717) is 11.1 Å². The number of benzene rings is 3. The van der Waals surface area contributed by atoms with Crippen molar-refractivity contribution < 1.29 is 13.2 Å². The van der Waals surface area contributed by atoms with Gasteiger partial charge < -0.3 is 0 Å². The quantitative estimate of drug-likeness (QED) is 0.470. The van der Waals surface area contributed by atoms with Crippen molar-refractivity contribution >= 4 is 31.6 Å². The average molecular weight is 443 g/mol. The number of rotatable bonds is 6. The molecule has 3 aromatic carbocycles. The second kappa shape index (κ2) is 8.19. The minimum Gasteiger partial charge on any atom is -0.294 e. The summed E-state index contributed by atoms with van der Waals surface area (Å²) >= 11 is 3.37. The van der Waals surface area contributed by atoms with Gasteiger partial charge in [-0.2, -0.15) is 0 Å². The number of hydrogen-bond acceptors (Lipinski definition) is 3. The van der Waals surface area contributed by atoms with E-state index in [1.807, 2.05) is 13.0 Å². The van der Waals surface area contributed by atoms with Gasteiger partial charge in [0.15, 0.2) is 15.6 Å². The van der Waals surface area contributed by atoms with Crippen molar-refractivity contribution in [3.63, 3.8) is 0 Å². The van der Waals surface area contributed by atoms with Crippen molar-refractivity contribution in [2.75, 3.05) is 0 Å². The Labute approximate surface area is 168 Å². The average Bonchev–Trinajstić information content (AvgIpc) is 2.68. The predicted molar refractivity (Wildman–Crippen MR) is 111 cm³/mol. The molecule has 0 fully saturated rings. The zero-order chi connectivity index (χ0) is 19.4. The molecule has 138 valence electrons. The predicted octanol–water partition coefficient (Wildman–Crippen LogP) is 5.55. The van der Waals surface area contributed by atoms with E-state index in [1.54, 1.807) is 72.8 Å². The molecular weight excluding hydrogens is 424 g/mol. The third-order valence-corrected chi connectivity index (χ3v) is 7.08. The minimum atomic E-state index is -3.72. The van der Waals surface area contributed by atoms with Gasteiger partial charge in [0, 0.05) is 16.5 Å². The van der Waals surface area contributed by atoms with Crippen LogP contribution >= 0.6 is 15.9 Å². The lowest BCUT2D eigenvalue weighted by Crippen LogP contribution is -2.18. The third kappa shape index (κ3) is 4.54. The lowest BCUT2D eigenvalue weighted by Gasteiger charge is -2.18. The maximum Gasteiger partial charge on any atom is 0.185 e. The number of Topliss-reactive ketones (excluding diaryl/α,β-unsaturated/α-hetero) is 1. The molecule has 0 amide bonds. The highest BCUT2D eigenvalue weighted by Gasteiger charge is 2.31. The van der Waals surface area contributed by atoms with E-state index < -0.39 is 15.1 Å². The summed E-state index contributed by atoms with van der Waals surface area (Å²) in [6.07, 6.45) is -0.109. The summed E-state index contributed by atoms with van der Waals surface area (Å²) in [7, 11) is -3.72. The largest absolute Gasteiger partial charge is 0.294 e. The molecule has 0 N–H and O–H groups in total. The van der Waals surface area contributed by atoms with E-state index in [-0.39, 0.29) is 17.1 Å². The Kier molecular flexibility index (Phi) is 5.92. The summed E-state index contributed by atoms with van der Waals surface area (Å²) in [5.41, 5.74) is 2.09. The Morgan fingerprint density at radius 2 is 1.48 bits per heavy atom. The molecule has 27 heavy (non-hydrogen) atoms. The number of aryl methyl sites for hydroxylation is 1. The molecule has 3 aromatic rings. The first kappa shape index (κ1) is 19.5. The van der Waals surface area contributed by atoms with Gasteiger partial charge in [-0.1, -0.05) is 76.1 Å². The van der Waals surface area contributed by atoms with Crippen LogP contribution in [0.2, 0.25) is 0 Å². The number of ketones is 1. The van der Waals surface area contributed by atoms with Crippen molar-refractivity contribution in [3.05, 3.63) is 100 Å². The minimum absolute atomic E-state index is 0.109. The highest BCUT2D eigenvalue weighted by Crippen LogP contribution is 2.33. The van der Waals surface area contributed by atoms with Crippen molar-refractivity contribution in [1.29, 1.82) is 0 Å². The molecule has 0 saturated heterocycles. The van der Waals surface area contributed by atoms with Crippen LogP contribution in [0.25, 0.3) is 0 Å². The molecule has 0 aliphatic carbocycles. The second-order valence-corrected chi connectivity index (χ2v) is 9.44. The maximum atomic E-state index is 13.3. The van der Waals surface area contributed by atoms with E-state index in [2.05, 4.69) is 15.9 Å². The first-order chi connectivity index (χ1) is 12.9. The molecule has 0 radical (unpaired) electrons. The fourth-order valence-electron chi connectivity index (χ4n) is 2.89. The Bertz CT molecular complexity index is 1030. The zero-order valence-electron chi connectivity index (χ0n) is 14.8. The SMILES string of the molecule is Cc1ccc(S(=O)(=O)[C@H](CC(=O)c2ccccc2)c2ccc(Br)cc2)cc1. The normalized spacial score (nSPS) is 12.5. The first-order valence-corrected chi connectivity index (χ1v) is 10.9. The molecular formula is C22H19BrO3S. The molecule has 0 aliphatic rings. The van der Waals surface area contributed by atoms with Crippen LogP contribution in [0.15, 0.2) is 88.2 Å². The van der Waals surface area contributed by atoms with Crippen LogP contribution in [0, 0.1) is 6.92 Å². The van der Waals surface area contributed by atoms with Gasteiger partial charge >= 0.3 is 0 Å². The number of hydrogen-bond donors (Lipinski definition) is 0. The van der Waals surface area contributed by atoms with Gasteiger partial charge in [-0.25, -0.2) is 8.42 Å². The molecule has 3 rings (SSSR count). The molecule has 0 unspecified atom stereocenters. The van der Waals surface area contributed by atoms with E-state index in [1.165, 1.54) is 0 Å². The number of halogens is 1. The summed E-state index contributed by atoms with van der Waals surface area (Å²) in [6, 6.07) is 22.6. The standard InChI is InChI=1S/C22H19BrO3S/c1-16-7-13-20(14-8-16)27(25,26)22(18-9-11-19(23)12-10-18)15-21(24)17-5-3-2-4-6-17/h2-14,22H,15H2,1H3/t22-/m1/s1. The van der Waals surface area contributed by atoms with Gasteiger partial charge in [-0.15, -0.1) is 0 Å². The molecule has 3 nitrogen and oxygen atoms in total. The first-order valence-electron chi connectivity index (χ1n) is 8.52. The molecule has 5 heteroatoms. The lowest BCUT2D eigenvalue weighted by molar-refractivity contribution is 0.0980. The molecule has 1 atom stereocenters. The molecule has 0 spiro atoms. The monoisotopic (exact) mass is 442 g/mol. The van der Waals surface area contributed by atoms with Crippen LogP contribution in [-0.2, 0) is 9.84 Å². The van der Waals surface area contributed by atoms with Crippen LogP contribution in [0.3, 0.4) is 0 Å². The Morgan fingerprint density at radius 3 is 2.07 bits per heavy atom. The smallest absolute Gasteiger partial charge is 0.185 e. The number of sulfone groups is 1. The van der Waals surface area contributed by atoms with Crippen molar-refractivity contribution in [2.45, 2.75) is 23.5 Å². The van der Waals surface area contributed by atoms with Gasteiger partial charge in [0.2, 0.25) is 0 Å². The second-order valence-electron chi connectivity index (χ2n) is 6.39. The highest BCUT2D eigenvalue weighted by atomic mass is 79.9. The highest BCUT2D eigenvalue weighted by molar-refractivity contribution is 9.10. The topological polar surface area (TPSA) is 51.2 Å². The van der Waals surface area contributed by atoms with Crippen LogP contribution in [0.5, 0.6) is 0 Å². The van der Waals surface area contributed by atoms with Gasteiger partial charge in [-0.3, -0.25) is 4.79 Å². The van der Waals surface area contributed by atoms with Gasteiger partial charge in [0.05, 0.1) is 10.1 Å². The summed E-state index contributed by atoms with van der Waals surface area (Å²) in [6.45, 7) is 1.90. The van der Waals surface area contributed by atoms with Gasteiger partial charge in [0.25, 0.3) is 0 Å². The van der Waals surface area contributed by atoms with Crippen molar-refractivity contribution in [2.24, 2.45) is 0 Å². The fourth-order valence-corrected chi connectivity index (χ4v) is 4.88. The Morgan fingerprint density at radius 1 is 0.889 bits per heavy atom. The zero-order valence-corrected chi connectivity index (χ0v) is 17.2. The van der Waals surface area contributed by atoms with Crippen LogP contribution in [-0.4, -0.2) is 14.2 Å². The van der Waals surface area contributed by atoms with Crippen molar-refractivity contribution in [1.82, 2.24) is 0 Å². The van der Waals surface area contributed by atoms with Gasteiger partial charge in [-0.05, 0) is 36.8 Å². The third-order valence-electron chi connectivity index (χ3n) is 4.43. The van der Waals surface area contributed by atoms with Crippen LogP contribution in [0.4, 0.5) is 0 Å². The Balaban J connectivity index is 2.03. The van der Waals surface area contributed by atoms with Crippen LogP contribution < -0.4 is 0 Å². The summed E-state index contributed by atoms with van der Waals surface area (Å²) in [4.78, 5) is 13.0. The summed E-state index contributed by atoms with van der Waals surface area (Å²) < 4.78 is 27.5. The van der Waals surface area contributed by atoms with E-state index in [4.69, 9.17) is 0 Å². The van der Waals surface area contributed by atoms with Crippen molar-refractivity contribution in [3.8, 4) is 0 Å². The Hall–Kier alpha value is -2.24. The van der Waals surface area contributed by atoms with Crippen LogP contribution in [0.1, 0.15) is 33.2 Å². The fraction of sp³-hybridized carbons (Fsp3) is 0.136. The molecule has 0 saturated carbocycles. The maximum absolute atomic E-state index is 13.3. The van der Waals surface area contributed by atoms with E-state index in [9.17, 15) is 13.2 Å². The van der Waals surface area contributed by atoms with E-state index >= 15 is 0 Å². The molecule has 0 aromatic heterocycles. The molecule has 0 aliphatic heterocycles. The summed E-state index contributed by atoms with van der Waals surface area (Å²) in [5, 5.41) is -0.944. The molecule has 0 bridgehead atoms. The lowest BCUT2D eigenvalue weighted by atomic mass is 10.0. The summed E-state index contributed by atoms with van der Waals surface area (Å²) in [5.74, 6) is -0.195. The molecule has 0 heterocycles. The van der Waals surface area contributed by atoms with Gasteiger partial charge in [0.1, 0.15) is 0 Å². The number of carbonyl (C=O) groups excluding carboxylic acids is 1. The number of carbonyl (C=O) groups is 1. The van der Waals surface area contributed by atoms with E-state index in [0.717, 1.165) is 10.0 Å².